The summed E-state index contributed by atoms with van der Waals surface area (Å²) in [4.78, 5) is 0. The lowest BCUT2D eigenvalue weighted by Crippen LogP contribution is -2.46. The zero-order valence-electron chi connectivity index (χ0n) is 19.8. The molecule has 168 valence electrons. The molecule has 0 saturated carbocycles. The van der Waals surface area contributed by atoms with Crippen molar-refractivity contribution in [1.82, 2.24) is 0 Å². The zero-order chi connectivity index (χ0) is 23.9. The summed E-state index contributed by atoms with van der Waals surface area (Å²) in [5.41, 5.74) is 17.2. The van der Waals surface area contributed by atoms with Crippen LogP contribution in [0.2, 0.25) is 12.1 Å². The van der Waals surface area contributed by atoms with Crippen LogP contribution in [-0.2, 0) is 10.9 Å². The van der Waals surface area contributed by atoms with Crippen molar-refractivity contribution in [3.8, 4) is 0 Å². The summed E-state index contributed by atoms with van der Waals surface area (Å²) >= 11 is 0. The third-order valence-electron chi connectivity index (χ3n) is 6.64. The molecule has 0 amide bonds. The summed E-state index contributed by atoms with van der Waals surface area (Å²) in [6.45, 7) is 2.24. The van der Waals surface area contributed by atoms with Gasteiger partial charge in [-0.1, -0.05) is 147 Å². The minimum absolute atomic E-state index is 0.289. The van der Waals surface area contributed by atoms with Crippen LogP contribution in [0.4, 0.5) is 0 Å². The maximum Gasteiger partial charge on any atom is 0.152 e. The van der Waals surface area contributed by atoms with Crippen LogP contribution in [0.5, 0.6) is 0 Å². The van der Waals surface area contributed by atoms with Gasteiger partial charge in [-0.15, -0.1) is 0 Å². The Bertz CT molecular complexity index is 1060. The second-order valence-electron chi connectivity index (χ2n) is 9.13. The molecule has 0 heterocycles. The minimum Gasteiger partial charge on any atom is -0.325 e. The Kier molecular flexibility index (Phi) is 7.72. The SMILES string of the molecule is CC([B]C(N)(c1ccccc1)c1ccccc1)CC[B]C(N)(c1ccccc1)c1ccccc1. The molecule has 0 spiro atoms. The van der Waals surface area contributed by atoms with Crippen LogP contribution < -0.4 is 11.5 Å². The van der Waals surface area contributed by atoms with Gasteiger partial charge < -0.3 is 11.5 Å². The molecule has 1 atom stereocenters. The molecule has 4 heteroatoms. The van der Waals surface area contributed by atoms with Crippen LogP contribution in [0.3, 0.4) is 0 Å². The molecular weight excluding hydrogens is 410 g/mol. The van der Waals surface area contributed by atoms with Gasteiger partial charge in [0.1, 0.15) is 7.28 Å². The lowest BCUT2D eigenvalue weighted by atomic mass is 9.43. The van der Waals surface area contributed by atoms with Gasteiger partial charge >= 0.3 is 0 Å². The Morgan fingerprint density at radius 2 is 0.882 bits per heavy atom. The van der Waals surface area contributed by atoms with E-state index in [9.17, 15) is 0 Å². The number of rotatable bonds is 10. The van der Waals surface area contributed by atoms with Gasteiger partial charge in [-0.2, -0.15) is 0 Å². The molecule has 2 radical (unpaired) electrons. The van der Waals surface area contributed by atoms with Crippen LogP contribution in [-0.4, -0.2) is 14.6 Å². The second-order valence-corrected chi connectivity index (χ2v) is 9.13. The number of hydrogen-bond acceptors (Lipinski definition) is 2. The van der Waals surface area contributed by atoms with Gasteiger partial charge in [0.05, 0.1) is 0 Å². The Morgan fingerprint density at radius 3 is 1.24 bits per heavy atom. The van der Waals surface area contributed by atoms with E-state index in [-0.39, 0.29) is 5.82 Å². The first-order chi connectivity index (χ1) is 16.5. The quantitative estimate of drug-likeness (QED) is 0.308. The molecule has 2 nitrogen and oxygen atoms in total. The third kappa shape index (κ3) is 5.35. The van der Waals surface area contributed by atoms with Crippen molar-refractivity contribution in [3.63, 3.8) is 0 Å². The maximum atomic E-state index is 7.09. The van der Waals surface area contributed by atoms with E-state index >= 15 is 0 Å². The Labute approximate surface area is 205 Å². The van der Waals surface area contributed by atoms with Crippen molar-refractivity contribution in [3.05, 3.63) is 144 Å². The molecule has 4 aromatic carbocycles. The van der Waals surface area contributed by atoms with E-state index in [1.54, 1.807) is 0 Å². The highest BCUT2D eigenvalue weighted by molar-refractivity contribution is 6.44. The van der Waals surface area contributed by atoms with Crippen molar-refractivity contribution in [1.29, 1.82) is 0 Å². The molecular formula is C30H32B2N2. The number of benzene rings is 4. The lowest BCUT2D eigenvalue weighted by molar-refractivity contribution is 0.713. The first-order valence-electron chi connectivity index (χ1n) is 12.0. The number of nitrogens with two attached hydrogens (primary N) is 2. The predicted octanol–water partition coefficient (Wildman–Crippen LogP) is 5.73. The summed E-state index contributed by atoms with van der Waals surface area (Å²) in [5.74, 6) is 0.289. The molecule has 0 aromatic heterocycles. The Hall–Kier alpha value is -3.07. The van der Waals surface area contributed by atoms with Gasteiger partial charge in [0.25, 0.3) is 0 Å². The fourth-order valence-corrected chi connectivity index (χ4v) is 4.72. The van der Waals surface area contributed by atoms with Gasteiger partial charge in [0.15, 0.2) is 7.28 Å². The van der Waals surface area contributed by atoms with Crippen LogP contribution in [0, 0.1) is 0 Å². The fourth-order valence-electron chi connectivity index (χ4n) is 4.72. The molecule has 0 aliphatic rings. The summed E-state index contributed by atoms with van der Waals surface area (Å²) in [6, 6.07) is 41.4. The summed E-state index contributed by atoms with van der Waals surface area (Å²) in [7, 11) is 4.54. The Balaban J connectivity index is 1.50. The smallest absolute Gasteiger partial charge is 0.152 e. The average Bonchev–Trinajstić information content (AvgIpc) is 2.90. The molecule has 1 unspecified atom stereocenters. The topological polar surface area (TPSA) is 52.0 Å². The second kappa shape index (κ2) is 10.9. The molecule has 0 bridgehead atoms. The summed E-state index contributed by atoms with van der Waals surface area (Å²) in [5, 5.41) is 0. The third-order valence-corrected chi connectivity index (χ3v) is 6.64. The molecule has 0 aliphatic heterocycles. The van der Waals surface area contributed by atoms with E-state index in [4.69, 9.17) is 11.5 Å². The molecule has 4 rings (SSSR count). The van der Waals surface area contributed by atoms with Gasteiger partial charge in [-0.3, -0.25) is 0 Å². The highest BCUT2D eigenvalue weighted by Gasteiger charge is 2.33. The van der Waals surface area contributed by atoms with Crippen LogP contribution in [0.15, 0.2) is 121 Å². The molecule has 4 N–H and O–H groups in total. The molecule has 34 heavy (non-hydrogen) atoms. The lowest BCUT2D eigenvalue weighted by Gasteiger charge is -2.34. The van der Waals surface area contributed by atoms with Crippen molar-refractivity contribution >= 4 is 14.6 Å². The van der Waals surface area contributed by atoms with Gasteiger partial charge in [0.2, 0.25) is 0 Å². The normalized spacial score (nSPS) is 12.7. The van der Waals surface area contributed by atoms with E-state index in [2.05, 4.69) is 94.3 Å². The van der Waals surface area contributed by atoms with Crippen molar-refractivity contribution in [2.24, 2.45) is 11.5 Å². The zero-order valence-corrected chi connectivity index (χ0v) is 19.8. The standard InChI is InChI=1S/C30H32B2N2/c1-24(32-30(34,27-18-10-4-11-19-27)28-20-12-5-13-21-28)22-23-31-29(33,25-14-6-2-7-15-25)26-16-8-3-9-17-26/h2-21,24H,22-23,33-34H2,1H3. The fraction of sp³-hybridized carbons (Fsp3) is 0.200. The maximum absolute atomic E-state index is 7.09. The first-order valence-corrected chi connectivity index (χ1v) is 12.0. The molecule has 0 fully saturated rings. The van der Waals surface area contributed by atoms with Crippen molar-refractivity contribution < 1.29 is 0 Å². The monoisotopic (exact) mass is 442 g/mol. The molecule has 4 aromatic rings. The molecule has 0 aliphatic carbocycles. The van der Waals surface area contributed by atoms with E-state index in [0.717, 1.165) is 35.0 Å². The van der Waals surface area contributed by atoms with Crippen molar-refractivity contribution in [2.75, 3.05) is 0 Å². The summed E-state index contributed by atoms with van der Waals surface area (Å²) in [6.07, 6.45) is 1.83. The molecule has 0 saturated heterocycles. The number of hydrogen-bond donors (Lipinski definition) is 2. The van der Waals surface area contributed by atoms with Gasteiger partial charge in [-0.05, 0) is 22.3 Å². The van der Waals surface area contributed by atoms with E-state index in [0.29, 0.717) is 0 Å². The highest BCUT2D eigenvalue weighted by Crippen LogP contribution is 2.32. The van der Waals surface area contributed by atoms with Crippen LogP contribution >= 0.6 is 0 Å². The van der Waals surface area contributed by atoms with E-state index < -0.39 is 10.9 Å². The Morgan fingerprint density at radius 1 is 0.559 bits per heavy atom. The summed E-state index contributed by atoms with van der Waals surface area (Å²) < 4.78 is 0. The van der Waals surface area contributed by atoms with Crippen molar-refractivity contribution in [2.45, 2.75) is 36.4 Å². The predicted molar refractivity (Wildman–Crippen MR) is 146 cm³/mol. The highest BCUT2D eigenvalue weighted by atomic mass is 14.7. The van der Waals surface area contributed by atoms with Gasteiger partial charge in [0, 0.05) is 10.9 Å². The first kappa shape index (κ1) is 24.1. The largest absolute Gasteiger partial charge is 0.325 e. The van der Waals surface area contributed by atoms with Gasteiger partial charge in [-0.25, -0.2) is 0 Å². The van der Waals surface area contributed by atoms with E-state index in [1.807, 2.05) is 48.5 Å². The van der Waals surface area contributed by atoms with E-state index in [1.165, 1.54) is 0 Å². The minimum atomic E-state index is -0.652. The van der Waals surface area contributed by atoms with Crippen LogP contribution in [0.25, 0.3) is 0 Å². The van der Waals surface area contributed by atoms with Crippen LogP contribution in [0.1, 0.15) is 35.6 Å². The average molecular weight is 442 g/mol.